The summed E-state index contributed by atoms with van der Waals surface area (Å²) in [5.74, 6) is -0.711. The van der Waals surface area contributed by atoms with E-state index < -0.39 is 5.97 Å². The van der Waals surface area contributed by atoms with Gasteiger partial charge in [-0.05, 0) is 6.92 Å². The van der Waals surface area contributed by atoms with Gasteiger partial charge < -0.3 is 19.1 Å². The largest absolute Gasteiger partial charge is 0.494 e. The molecule has 0 radical (unpaired) electrons. The minimum absolute atomic E-state index is 0.0907. The molecule has 6 nitrogen and oxygen atoms in total. The molecule has 0 saturated carbocycles. The topological polar surface area (TPSA) is 65.1 Å². The van der Waals surface area contributed by atoms with Gasteiger partial charge in [-0.3, -0.25) is 9.59 Å². The average molecular weight is 229 g/mol. The Labute approximate surface area is 93.8 Å². The second-order valence-corrected chi connectivity index (χ2v) is 3.10. The Kier molecular flexibility index (Phi) is 4.63. The summed E-state index contributed by atoms with van der Waals surface area (Å²) in [7, 11) is 1.28. The number of ether oxygens (including phenoxy) is 3. The summed E-state index contributed by atoms with van der Waals surface area (Å²) in [5, 5.41) is 0. The van der Waals surface area contributed by atoms with Gasteiger partial charge in [0.25, 0.3) is 5.91 Å². The maximum Gasteiger partial charge on any atom is 0.325 e. The van der Waals surface area contributed by atoms with Crippen LogP contribution in [0.15, 0.2) is 12.0 Å². The highest BCUT2D eigenvalue weighted by molar-refractivity contribution is 5.93. The van der Waals surface area contributed by atoms with Gasteiger partial charge in [-0.2, -0.15) is 0 Å². The van der Waals surface area contributed by atoms with E-state index in [1.54, 1.807) is 6.92 Å². The number of hydrogen-bond donors (Lipinski definition) is 0. The van der Waals surface area contributed by atoms with Gasteiger partial charge in [-0.1, -0.05) is 0 Å². The first kappa shape index (κ1) is 12.4. The second kappa shape index (κ2) is 5.99. The molecule has 0 saturated heterocycles. The second-order valence-electron chi connectivity index (χ2n) is 3.10. The van der Waals surface area contributed by atoms with E-state index in [4.69, 9.17) is 9.47 Å². The van der Waals surface area contributed by atoms with E-state index >= 15 is 0 Å². The third-order valence-corrected chi connectivity index (χ3v) is 2.08. The third-order valence-electron chi connectivity index (χ3n) is 2.08. The van der Waals surface area contributed by atoms with Crippen LogP contribution in [-0.4, -0.2) is 50.2 Å². The molecule has 0 unspecified atom stereocenters. The molecular weight excluding hydrogens is 214 g/mol. The van der Waals surface area contributed by atoms with Crippen LogP contribution in [0, 0.1) is 0 Å². The first-order chi connectivity index (χ1) is 7.69. The van der Waals surface area contributed by atoms with Gasteiger partial charge in [0.2, 0.25) is 5.76 Å². The quantitative estimate of drug-likeness (QED) is 0.630. The zero-order chi connectivity index (χ0) is 12.0. The first-order valence-corrected chi connectivity index (χ1v) is 4.99. The Morgan fingerprint density at radius 3 is 2.75 bits per heavy atom. The molecule has 0 spiro atoms. The molecule has 6 heteroatoms. The fraction of sp³-hybridized carbons (Fsp3) is 0.600. The molecule has 90 valence electrons. The number of likely N-dealkylation sites (N-methyl/N-ethyl adjacent to an activating group) is 1. The average Bonchev–Trinajstić information content (AvgIpc) is 2.35. The summed E-state index contributed by atoms with van der Waals surface area (Å²) in [6, 6.07) is 0. The van der Waals surface area contributed by atoms with E-state index in [1.165, 1.54) is 18.3 Å². The van der Waals surface area contributed by atoms with Crippen molar-refractivity contribution in [2.75, 3.05) is 33.4 Å². The molecule has 16 heavy (non-hydrogen) atoms. The van der Waals surface area contributed by atoms with Crippen molar-refractivity contribution in [1.29, 1.82) is 0 Å². The Morgan fingerprint density at radius 1 is 1.50 bits per heavy atom. The predicted molar refractivity (Wildman–Crippen MR) is 54.3 cm³/mol. The molecule has 0 aromatic carbocycles. The number of amides is 1. The Bertz CT molecular complexity index is 300. The van der Waals surface area contributed by atoms with Crippen LogP contribution in [0.3, 0.4) is 0 Å². The van der Waals surface area contributed by atoms with Crippen LogP contribution < -0.4 is 0 Å². The van der Waals surface area contributed by atoms with E-state index in [0.29, 0.717) is 19.8 Å². The molecule has 1 heterocycles. The van der Waals surface area contributed by atoms with Crippen molar-refractivity contribution in [3.63, 3.8) is 0 Å². The van der Waals surface area contributed by atoms with Gasteiger partial charge >= 0.3 is 5.97 Å². The van der Waals surface area contributed by atoms with Crippen molar-refractivity contribution in [1.82, 2.24) is 4.90 Å². The van der Waals surface area contributed by atoms with Crippen LogP contribution >= 0.6 is 0 Å². The van der Waals surface area contributed by atoms with Crippen molar-refractivity contribution < 1.29 is 23.8 Å². The zero-order valence-corrected chi connectivity index (χ0v) is 9.39. The van der Waals surface area contributed by atoms with Gasteiger partial charge in [-0.25, -0.2) is 0 Å². The molecule has 0 aromatic rings. The number of rotatable bonds is 4. The molecule has 1 rings (SSSR count). The maximum atomic E-state index is 11.8. The number of carbonyl (C=O) groups excluding carboxylic acids is 2. The molecule has 0 atom stereocenters. The number of carbonyl (C=O) groups is 2. The van der Waals surface area contributed by atoms with E-state index in [0.717, 1.165) is 0 Å². The summed E-state index contributed by atoms with van der Waals surface area (Å²) >= 11 is 0. The number of esters is 1. The predicted octanol–water partition coefficient (Wildman–Crippen LogP) is -0.104. The lowest BCUT2D eigenvalue weighted by molar-refractivity contribution is -0.147. The SMILES string of the molecule is CCN(CC(=O)OC)C(=O)C1=COCCO1. The van der Waals surface area contributed by atoms with Crippen molar-refractivity contribution >= 4 is 11.9 Å². The lowest BCUT2D eigenvalue weighted by Crippen LogP contribution is -2.38. The van der Waals surface area contributed by atoms with Gasteiger partial charge in [0.05, 0.1) is 7.11 Å². The van der Waals surface area contributed by atoms with E-state index in [1.807, 2.05) is 0 Å². The molecule has 0 aliphatic carbocycles. The van der Waals surface area contributed by atoms with Crippen LogP contribution in [0.5, 0.6) is 0 Å². The highest BCUT2D eigenvalue weighted by atomic mass is 16.6. The van der Waals surface area contributed by atoms with E-state index in [-0.39, 0.29) is 18.2 Å². The summed E-state index contributed by atoms with van der Waals surface area (Å²) in [6.07, 6.45) is 1.27. The Balaban J connectivity index is 2.61. The van der Waals surface area contributed by atoms with Crippen LogP contribution in [0.4, 0.5) is 0 Å². The fourth-order valence-corrected chi connectivity index (χ4v) is 1.18. The van der Waals surface area contributed by atoms with Crippen LogP contribution in [-0.2, 0) is 23.8 Å². The summed E-state index contributed by atoms with van der Waals surface area (Å²) in [4.78, 5) is 24.2. The van der Waals surface area contributed by atoms with E-state index in [9.17, 15) is 9.59 Å². The third kappa shape index (κ3) is 3.15. The number of nitrogens with zero attached hydrogens (tertiary/aromatic N) is 1. The smallest absolute Gasteiger partial charge is 0.325 e. The zero-order valence-electron chi connectivity index (χ0n) is 9.39. The normalized spacial score (nSPS) is 14.2. The molecule has 1 amide bonds. The van der Waals surface area contributed by atoms with E-state index in [2.05, 4.69) is 4.74 Å². The molecule has 0 bridgehead atoms. The molecule has 0 fully saturated rings. The fourth-order valence-electron chi connectivity index (χ4n) is 1.18. The van der Waals surface area contributed by atoms with Gasteiger partial charge in [0.1, 0.15) is 26.0 Å². The summed E-state index contributed by atoms with van der Waals surface area (Å²) in [5.41, 5.74) is 0. The van der Waals surface area contributed by atoms with Crippen molar-refractivity contribution in [2.45, 2.75) is 6.92 Å². The summed E-state index contributed by atoms with van der Waals surface area (Å²) < 4.78 is 14.6. The maximum absolute atomic E-state index is 11.8. The van der Waals surface area contributed by atoms with Gasteiger partial charge in [0, 0.05) is 6.54 Å². The standard InChI is InChI=1S/C10H15NO5/c1-3-11(6-9(12)14-2)10(13)8-7-15-4-5-16-8/h7H,3-6H2,1-2H3. The summed E-state index contributed by atoms with van der Waals surface area (Å²) in [6.45, 7) is 2.85. The minimum Gasteiger partial charge on any atom is -0.494 e. The highest BCUT2D eigenvalue weighted by Gasteiger charge is 2.22. The Hall–Kier alpha value is -1.72. The lowest BCUT2D eigenvalue weighted by atomic mass is 10.4. The van der Waals surface area contributed by atoms with Gasteiger partial charge in [-0.15, -0.1) is 0 Å². The number of methoxy groups -OCH3 is 1. The molecule has 1 aliphatic rings. The molecule has 0 aromatic heterocycles. The monoisotopic (exact) mass is 229 g/mol. The highest BCUT2D eigenvalue weighted by Crippen LogP contribution is 2.08. The minimum atomic E-state index is -0.465. The molecule has 0 N–H and O–H groups in total. The van der Waals surface area contributed by atoms with Crippen molar-refractivity contribution in [2.24, 2.45) is 0 Å². The van der Waals surface area contributed by atoms with Crippen molar-refractivity contribution in [3.8, 4) is 0 Å². The van der Waals surface area contributed by atoms with Crippen LogP contribution in [0.25, 0.3) is 0 Å². The van der Waals surface area contributed by atoms with Crippen LogP contribution in [0.1, 0.15) is 6.92 Å². The molecule has 1 aliphatic heterocycles. The Morgan fingerprint density at radius 2 is 2.25 bits per heavy atom. The van der Waals surface area contributed by atoms with Crippen molar-refractivity contribution in [3.05, 3.63) is 12.0 Å². The van der Waals surface area contributed by atoms with Crippen LogP contribution in [0.2, 0.25) is 0 Å². The van der Waals surface area contributed by atoms with Gasteiger partial charge in [0.15, 0.2) is 0 Å². The number of hydrogen-bond acceptors (Lipinski definition) is 5. The molecular formula is C10H15NO5. The lowest BCUT2D eigenvalue weighted by Gasteiger charge is -2.22. The first-order valence-electron chi connectivity index (χ1n) is 4.99.